The van der Waals surface area contributed by atoms with Crippen LogP contribution in [0.2, 0.25) is 0 Å². The predicted molar refractivity (Wildman–Crippen MR) is 129 cm³/mol. The van der Waals surface area contributed by atoms with Crippen molar-refractivity contribution in [1.29, 1.82) is 0 Å². The first-order chi connectivity index (χ1) is 17.3. The lowest BCUT2D eigenvalue weighted by molar-refractivity contribution is -0.138. The minimum atomic E-state index is -4.42. The maximum absolute atomic E-state index is 13.1. The van der Waals surface area contributed by atoms with E-state index in [1.54, 1.807) is 24.3 Å². The monoisotopic (exact) mass is 494 g/mol. The Morgan fingerprint density at radius 1 is 0.972 bits per heavy atom. The summed E-state index contributed by atoms with van der Waals surface area (Å²) in [5, 5.41) is 2.92. The number of benzene rings is 3. The van der Waals surface area contributed by atoms with Gasteiger partial charge in [0.25, 0.3) is 5.91 Å². The second-order valence-electron chi connectivity index (χ2n) is 9.13. The Balaban J connectivity index is 1.31. The minimum absolute atomic E-state index is 0.0603. The zero-order valence-electron chi connectivity index (χ0n) is 19.5. The molecule has 1 atom stereocenters. The number of carbonyl (C=O) groups is 2. The Labute approximate surface area is 206 Å². The van der Waals surface area contributed by atoms with Gasteiger partial charge in [-0.15, -0.1) is 0 Å². The van der Waals surface area contributed by atoms with Crippen LogP contribution in [0.4, 0.5) is 18.9 Å². The first-order valence-corrected chi connectivity index (χ1v) is 11.9. The van der Waals surface area contributed by atoms with E-state index >= 15 is 0 Å². The maximum Gasteiger partial charge on any atom is 0.416 e. The fraction of sp³-hybridized carbons (Fsp3) is 0.286. The molecule has 5 nitrogen and oxygen atoms in total. The molecule has 0 aromatic heterocycles. The summed E-state index contributed by atoms with van der Waals surface area (Å²) in [6.07, 6.45) is -2.96. The van der Waals surface area contributed by atoms with Crippen LogP contribution in [0.15, 0.2) is 66.7 Å². The molecule has 2 aliphatic heterocycles. The van der Waals surface area contributed by atoms with Crippen LogP contribution in [0.1, 0.15) is 33.5 Å². The lowest BCUT2D eigenvalue weighted by atomic mass is 9.96. The molecular weight excluding hydrogens is 469 g/mol. The molecule has 3 aromatic carbocycles. The summed E-state index contributed by atoms with van der Waals surface area (Å²) in [5.74, 6) is -0.274. The second kappa shape index (κ2) is 9.78. The topological polar surface area (TPSA) is 58.6 Å². The van der Waals surface area contributed by atoms with Gasteiger partial charge in [-0.2, -0.15) is 13.2 Å². The highest BCUT2D eigenvalue weighted by Gasteiger charge is 2.31. The standard InChI is InChI=1S/C28H25F3N2O3/c29-28(30,31)22-8-5-18(6-9-22)24-3-1-2-4-25(24)26(34)32-23-10-7-20-16-33(13-11-19(20)15-23)27(35)21-12-14-36-17-21/h1-10,15,21H,11-14,16-17H2,(H,32,34). The molecule has 5 rings (SSSR count). The number of anilines is 1. The molecule has 0 spiro atoms. The highest BCUT2D eigenvalue weighted by Crippen LogP contribution is 2.32. The van der Waals surface area contributed by atoms with Crippen molar-refractivity contribution in [2.75, 3.05) is 25.1 Å². The summed E-state index contributed by atoms with van der Waals surface area (Å²) in [6, 6.07) is 17.3. The number of hydrogen-bond donors (Lipinski definition) is 1. The third-order valence-corrected chi connectivity index (χ3v) is 6.76. The van der Waals surface area contributed by atoms with Crippen molar-refractivity contribution >= 4 is 17.5 Å². The van der Waals surface area contributed by atoms with E-state index in [0.717, 1.165) is 29.7 Å². The highest BCUT2D eigenvalue weighted by molar-refractivity contribution is 6.08. The van der Waals surface area contributed by atoms with Crippen molar-refractivity contribution in [3.8, 4) is 11.1 Å². The largest absolute Gasteiger partial charge is 0.416 e. The van der Waals surface area contributed by atoms with Crippen molar-refractivity contribution in [3.05, 3.63) is 89.0 Å². The molecule has 2 amide bonds. The molecular formula is C28H25F3N2O3. The summed E-state index contributed by atoms with van der Waals surface area (Å²) >= 11 is 0. The lowest BCUT2D eigenvalue weighted by Gasteiger charge is -2.31. The lowest BCUT2D eigenvalue weighted by Crippen LogP contribution is -2.40. The summed E-state index contributed by atoms with van der Waals surface area (Å²) in [5.41, 5.74) is 3.46. The first-order valence-electron chi connectivity index (χ1n) is 11.9. The normalized spacial score (nSPS) is 17.5. The number of rotatable bonds is 4. The van der Waals surface area contributed by atoms with Crippen molar-refractivity contribution in [3.63, 3.8) is 0 Å². The number of fused-ring (bicyclic) bond motifs is 1. The van der Waals surface area contributed by atoms with E-state index in [1.165, 1.54) is 12.1 Å². The molecule has 3 aromatic rings. The van der Waals surface area contributed by atoms with Gasteiger partial charge in [0.2, 0.25) is 5.91 Å². The van der Waals surface area contributed by atoms with Gasteiger partial charge in [-0.05, 0) is 65.4 Å². The summed E-state index contributed by atoms with van der Waals surface area (Å²) in [4.78, 5) is 27.7. The van der Waals surface area contributed by atoms with Crippen molar-refractivity contribution in [2.24, 2.45) is 5.92 Å². The van der Waals surface area contributed by atoms with Crippen LogP contribution in [0, 0.1) is 5.92 Å². The summed E-state index contributed by atoms with van der Waals surface area (Å²) in [7, 11) is 0. The van der Waals surface area contributed by atoms with Gasteiger partial charge in [0, 0.05) is 30.9 Å². The number of amides is 2. The molecule has 0 bridgehead atoms. The van der Waals surface area contributed by atoms with Crippen LogP contribution < -0.4 is 5.32 Å². The van der Waals surface area contributed by atoms with Gasteiger partial charge in [0.05, 0.1) is 18.1 Å². The third kappa shape index (κ3) is 4.99. The van der Waals surface area contributed by atoms with Crippen LogP contribution in [0.25, 0.3) is 11.1 Å². The smallest absolute Gasteiger partial charge is 0.381 e. The number of nitrogens with zero attached hydrogens (tertiary/aromatic N) is 1. The molecule has 1 fully saturated rings. The Kier molecular flexibility index (Phi) is 6.53. The summed E-state index contributed by atoms with van der Waals surface area (Å²) in [6.45, 7) is 2.28. The molecule has 1 saturated heterocycles. The maximum atomic E-state index is 13.1. The zero-order chi connectivity index (χ0) is 25.3. The Hall–Kier alpha value is -3.65. The molecule has 0 saturated carbocycles. The van der Waals surface area contributed by atoms with E-state index in [0.29, 0.717) is 55.1 Å². The van der Waals surface area contributed by atoms with Gasteiger partial charge in [-0.1, -0.05) is 36.4 Å². The number of ether oxygens (including phenoxy) is 1. The van der Waals surface area contributed by atoms with E-state index in [2.05, 4.69) is 5.32 Å². The third-order valence-electron chi connectivity index (χ3n) is 6.76. The highest BCUT2D eigenvalue weighted by atomic mass is 19.4. The van der Waals surface area contributed by atoms with Crippen LogP contribution in [0.3, 0.4) is 0 Å². The van der Waals surface area contributed by atoms with Gasteiger partial charge in [-0.3, -0.25) is 9.59 Å². The number of alkyl halides is 3. The Morgan fingerprint density at radius 3 is 2.47 bits per heavy atom. The predicted octanol–water partition coefficient (Wildman–Crippen LogP) is 5.55. The molecule has 0 aliphatic carbocycles. The zero-order valence-corrected chi connectivity index (χ0v) is 19.5. The molecule has 2 aliphatic rings. The quantitative estimate of drug-likeness (QED) is 0.518. The SMILES string of the molecule is O=C(Nc1ccc2c(c1)CCN(C(=O)C1CCOC1)C2)c1ccccc1-c1ccc(C(F)(F)F)cc1. The van der Waals surface area contributed by atoms with Gasteiger partial charge in [0.1, 0.15) is 0 Å². The van der Waals surface area contributed by atoms with Crippen LogP contribution in [0.5, 0.6) is 0 Å². The van der Waals surface area contributed by atoms with E-state index in [-0.39, 0.29) is 17.7 Å². The number of hydrogen-bond acceptors (Lipinski definition) is 3. The van der Waals surface area contributed by atoms with Crippen molar-refractivity contribution in [1.82, 2.24) is 4.90 Å². The average Bonchev–Trinajstić information content (AvgIpc) is 3.43. The van der Waals surface area contributed by atoms with E-state index in [1.807, 2.05) is 23.1 Å². The first kappa shape index (κ1) is 24.1. The molecule has 186 valence electrons. The van der Waals surface area contributed by atoms with Gasteiger partial charge in [-0.25, -0.2) is 0 Å². The molecule has 36 heavy (non-hydrogen) atoms. The van der Waals surface area contributed by atoms with E-state index in [4.69, 9.17) is 4.74 Å². The van der Waals surface area contributed by atoms with Crippen molar-refractivity contribution in [2.45, 2.75) is 25.6 Å². The minimum Gasteiger partial charge on any atom is -0.381 e. The van der Waals surface area contributed by atoms with Crippen LogP contribution in [-0.2, 0) is 28.7 Å². The van der Waals surface area contributed by atoms with E-state index < -0.39 is 11.7 Å². The fourth-order valence-corrected chi connectivity index (χ4v) is 4.78. The van der Waals surface area contributed by atoms with Crippen LogP contribution in [-0.4, -0.2) is 36.5 Å². The van der Waals surface area contributed by atoms with Gasteiger partial charge in [0.15, 0.2) is 0 Å². The Morgan fingerprint density at radius 2 is 1.75 bits per heavy atom. The number of halogens is 3. The molecule has 2 heterocycles. The Bertz CT molecular complexity index is 1280. The second-order valence-corrected chi connectivity index (χ2v) is 9.13. The van der Waals surface area contributed by atoms with Crippen LogP contribution >= 0.6 is 0 Å². The number of nitrogens with one attached hydrogen (secondary N) is 1. The van der Waals surface area contributed by atoms with Gasteiger partial charge < -0.3 is 15.0 Å². The summed E-state index contributed by atoms with van der Waals surface area (Å²) < 4.78 is 44.2. The number of carbonyl (C=O) groups excluding carboxylic acids is 2. The van der Waals surface area contributed by atoms with E-state index in [9.17, 15) is 22.8 Å². The molecule has 8 heteroatoms. The molecule has 1 N–H and O–H groups in total. The molecule has 0 radical (unpaired) electrons. The fourth-order valence-electron chi connectivity index (χ4n) is 4.78. The van der Waals surface area contributed by atoms with Gasteiger partial charge >= 0.3 is 6.18 Å². The van der Waals surface area contributed by atoms with Crippen molar-refractivity contribution < 1.29 is 27.5 Å². The molecule has 1 unspecified atom stereocenters. The average molecular weight is 495 g/mol.